The number of hydrogen-bond acceptors (Lipinski definition) is 4. The Morgan fingerprint density at radius 2 is 1.78 bits per heavy atom. The van der Waals surface area contributed by atoms with Gasteiger partial charge in [0.2, 0.25) is 11.8 Å². The summed E-state index contributed by atoms with van der Waals surface area (Å²) in [6.45, 7) is 0. The quantitative estimate of drug-likeness (QED) is 0.513. The monoisotopic (exact) mass is 356 g/mol. The fourth-order valence-corrected chi connectivity index (χ4v) is 2.70. The van der Waals surface area contributed by atoms with Gasteiger partial charge in [-0.3, -0.25) is 4.79 Å². The second-order valence-corrected chi connectivity index (χ2v) is 5.95. The average molecular weight is 356 g/mol. The first kappa shape index (κ1) is 16.6. The Hall–Kier alpha value is -3.86. The standard InChI is InChI=1S/C22H16N2O3/c25-19-14-16(23-21(26)13-10-15-6-2-1-3-7-15)11-12-17(19)22-24-18-8-4-5-9-20(18)27-22/h1-14,25H,(H,23,26). The summed E-state index contributed by atoms with van der Waals surface area (Å²) < 4.78 is 5.67. The molecule has 0 unspecified atom stereocenters. The summed E-state index contributed by atoms with van der Waals surface area (Å²) in [4.78, 5) is 16.4. The molecule has 0 atom stereocenters. The minimum atomic E-state index is -0.284. The summed E-state index contributed by atoms with van der Waals surface area (Å²) in [5.74, 6) is 0.0230. The molecule has 0 aliphatic rings. The number of para-hydroxylation sites is 2. The SMILES string of the molecule is O=C(C=Cc1ccccc1)Nc1ccc(-c2nc3ccccc3o2)c(O)c1. The molecule has 0 aliphatic heterocycles. The molecule has 0 saturated carbocycles. The Labute approximate surface area is 155 Å². The Balaban J connectivity index is 1.51. The minimum absolute atomic E-state index is 0.0219. The number of nitrogens with one attached hydrogen (secondary N) is 1. The first-order chi connectivity index (χ1) is 13.2. The van der Waals surface area contributed by atoms with Crippen LogP contribution >= 0.6 is 0 Å². The molecule has 27 heavy (non-hydrogen) atoms. The van der Waals surface area contributed by atoms with E-state index in [0.717, 1.165) is 11.1 Å². The molecule has 0 bridgehead atoms. The predicted octanol–water partition coefficient (Wildman–Crippen LogP) is 4.85. The number of aromatic hydroxyl groups is 1. The lowest BCUT2D eigenvalue weighted by atomic mass is 10.1. The molecule has 5 heteroatoms. The molecule has 2 N–H and O–H groups in total. The van der Waals surface area contributed by atoms with E-state index in [1.165, 1.54) is 12.1 Å². The fourth-order valence-electron chi connectivity index (χ4n) is 2.70. The second kappa shape index (κ2) is 7.17. The van der Waals surface area contributed by atoms with Crippen LogP contribution in [0.2, 0.25) is 0 Å². The smallest absolute Gasteiger partial charge is 0.248 e. The molecule has 4 aromatic rings. The van der Waals surface area contributed by atoms with E-state index in [0.29, 0.717) is 22.7 Å². The van der Waals surface area contributed by atoms with E-state index in [1.807, 2.05) is 54.6 Å². The van der Waals surface area contributed by atoms with Crippen molar-refractivity contribution < 1.29 is 14.3 Å². The lowest BCUT2D eigenvalue weighted by molar-refractivity contribution is -0.111. The van der Waals surface area contributed by atoms with Crippen LogP contribution in [0.25, 0.3) is 28.6 Å². The van der Waals surface area contributed by atoms with Gasteiger partial charge in [-0.05, 0) is 35.9 Å². The molecule has 1 amide bonds. The Morgan fingerprint density at radius 3 is 2.56 bits per heavy atom. The highest BCUT2D eigenvalue weighted by molar-refractivity contribution is 6.02. The summed E-state index contributed by atoms with van der Waals surface area (Å²) in [7, 11) is 0. The number of rotatable bonds is 4. The van der Waals surface area contributed by atoms with E-state index in [-0.39, 0.29) is 11.7 Å². The number of phenolic OH excluding ortho intramolecular Hbond substituents is 1. The van der Waals surface area contributed by atoms with Crippen molar-refractivity contribution in [2.24, 2.45) is 0 Å². The summed E-state index contributed by atoms with van der Waals surface area (Å²) in [5.41, 5.74) is 3.24. The second-order valence-electron chi connectivity index (χ2n) is 5.95. The van der Waals surface area contributed by atoms with Gasteiger partial charge in [0.25, 0.3) is 0 Å². The molecule has 1 heterocycles. The van der Waals surface area contributed by atoms with Gasteiger partial charge in [-0.25, -0.2) is 4.98 Å². The van der Waals surface area contributed by atoms with Crippen molar-refractivity contribution in [2.75, 3.05) is 5.32 Å². The number of amides is 1. The first-order valence-corrected chi connectivity index (χ1v) is 8.42. The third-order valence-corrected chi connectivity index (χ3v) is 4.02. The van der Waals surface area contributed by atoms with Crippen LogP contribution in [0.3, 0.4) is 0 Å². The van der Waals surface area contributed by atoms with Crippen molar-refractivity contribution in [3.63, 3.8) is 0 Å². The van der Waals surface area contributed by atoms with Crippen LogP contribution in [0.4, 0.5) is 5.69 Å². The Kier molecular flexibility index (Phi) is 4.41. The van der Waals surface area contributed by atoms with E-state index in [2.05, 4.69) is 10.3 Å². The van der Waals surface area contributed by atoms with Crippen molar-refractivity contribution in [3.8, 4) is 17.2 Å². The largest absolute Gasteiger partial charge is 0.507 e. The van der Waals surface area contributed by atoms with Gasteiger partial charge in [0.15, 0.2) is 5.58 Å². The van der Waals surface area contributed by atoms with Crippen LogP contribution < -0.4 is 5.32 Å². The van der Waals surface area contributed by atoms with Crippen molar-refractivity contribution >= 4 is 28.8 Å². The van der Waals surface area contributed by atoms with E-state index in [9.17, 15) is 9.90 Å². The number of hydrogen-bond donors (Lipinski definition) is 2. The summed E-state index contributed by atoms with van der Waals surface area (Å²) in [6, 6.07) is 21.8. The third-order valence-electron chi connectivity index (χ3n) is 4.02. The van der Waals surface area contributed by atoms with Gasteiger partial charge in [0.1, 0.15) is 11.3 Å². The number of oxazole rings is 1. The van der Waals surface area contributed by atoms with Crippen LogP contribution in [-0.2, 0) is 4.79 Å². The maximum absolute atomic E-state index is 12.1. The molecule has 3 aromatic carbocycles. The van der Waals surface area contributed by atoms with Gasteiger partial charge in [0.05, 0.1) is 5.56 Å². The number of aromatic nitrogens is 1. The maximum Gasteiger partial charge on any atom is 0.248 e. The van der Waals surface area contributed by atoms with Crippen molar-refractivity contribution in [3.05, 3.63) is 84.4 Å². The van der Waals surface area contributed by atoms with Gasteiger partial charge in [-0.2, -0.15) is 0 Å². The topological polar surface area (TPSA) is 75.4 Å². The summed E-state index contributed by atoms with van der Waals surface area (Å²) in [5, 5.41) is 13.0. The minimum Gasteiger partial charge on any atom is -0.507 e. The highest BCUT2D eigenvalue weighted by atomic mass is 16.3. The maximum atomic E-state index is 12.1. The zero-order valence-corrected chi connectivity index (χ0v) is 14.3. The molecule has 0 spiro atoms. The predicted molar refractivity (Wildman–Crippen MR) is 105 cm³/mol. The number of nitrogens with zero attached hydrogens (tertiary/aromatic N) is 1. The van der Waals surface area contributed by atoms with E-state index >= 15 is 0 Å². The van der Waals surface area contributed by atoms with Crippen LogP contribution in [0, 0.1) is 0 Å². The number of carbonyl (C=O) groups excluding carboxylic acids is 1. The number of anilines is 1. The number of fused-ring (bicyclic) bond motifs is 1. The molecule has 0 aliphatic carbocycles. The molecule has 0 fully saturated rings. The number of benzene rings is 3. The van der Waals surface area contributed by atoms with E-state index < -0.39 is 0 Å². The van der Waals surface area contributed by atoms with E-state index in [4.69, 9.17) is 4.42 Å². The van der Waals surface area contributed by atoms with Crippen LogP contribution in [0.1, 0.15) is 5.56 Å². The molecule has 4 rings (SSSR count). The highest BCUT2D eigenvalue weighted by Gasteiger charge is 2.13. The van der Waals surface area contributed by atoms with E-state index in [1.54, 1.807) is 18.2 Å². The van der Waals surface area contributed by atoms with Crippen molar-refractivity contribution in [2.45, 2.75) is 0 Å². The van der Waals surface area contributed by atoms with Crippen LogP contribution in [-0.4, -0.2) is 16.0 Å². The fraction of sp³-hybridized carbons (Fsp3) is 0. The number of carbonyl (C=O) groups is 1. The van der Waals surface area contributed by atoms with Crippen molar-refractivity contribution in [1.29, 1.82) is 0 Å². The molecular formula is C22H16N2O3. The van der Waals surface area contributed by atoms with Crippen LogP contribution in [0.5, 0.6) is 5.75 Å². The van der Waals surface area contributed by atoms with Crippen LogP contribution in [0.15, 0.2) is 83.3 Å². The molecule has 132 valence electrons. The first-order valence-electron chi connectivity index (χ1n) is 8.42. The molecule has 5 nitrogen and oxygen atoms in total. The molecular weight excluding hydrogens is 340 g/mol. The Bertz CT molecular complexity index is 1100. The van der Waals surface area contributed by atoms with Gasteiger partial charge in [-0.15, -0.1) is 0 Å². The average Bonchev–Trinajstić information content (AvgIpc) is 3.11. The molecule has 0 saturated heterocycles. The van der Waals surface area contributed by atoms with Gasteiger partial charge in [-0.1, -0.05) is 42.5 Å². The lowest BCUT2D eigenvalue weighted by Crippen LogP contribution is -2.07. The summed E-state index contributed by atoms with van der Waals surface area (Å²) in [6.07, 6.45) is 3.17. The normalized spacial score (nSPS) is 11.1. The van der Waals surface area contributed by atoms with Gasteiger partial charge in [0, 0.05) is 17.8 Å². The molecule has 0 radical (unpaired) electrons. The molecule has 1 aromatic heterocycles. The zero-order valence-electron chi connectivity index (χ0n) is 14.3. The Morgan fingerprint density at radius 1 is 1.00 bits per heavy atom. The highest BCUT2D eigenvalue weighted by Crippen LogP contribution is 2.33. The van der Waals surface area contributed by atoms with Gasteiger partial charge < -0.3 is 14.8 Å². The van der Waals surface area contributed by atoms with Gasteiger partial charge >= 0.3 is 0 Å². The zero-order chi connectivity index (χ0) is 18.6. The summed E-state index contributed by atoms with van der Waals surface area (Å²) >= 11 is 0. The number of phenols is 1. The van der Waals surface area contributed by atoms with Crippen molar-refractivity contribution in [1.82, 2.24) is 4.98 Å². The third kappa shape index (κ3) is 3.72. The lowest BCUT2D eigenvalue weighted by Gasteiger charge is -2.05.